The quantitative estimate of drug-likeness (QED) is 0.312. The van der Waals surface area contributed by atoms with Gasteiger partial charge in [-0.15, -0.1) is 0 Å². The first kappa shape index (κ1) is 21.5. The Labute approximate surface area is 166 Å². The summed E-state index contributed by atoms with van der Waals surface area (Å²) in [6, 6.07) is 10.2. The molecule has 1 amide bonds. The summed E-state index contributed by atoms with van der Waals surface area (Å²) in [5, 5.41) is 13.3. The summed E-state index contributed by atoms with van der Waals surface area (Å²) in [7, 11) is 0. The first-order valence-corrected chi connectivity index (χ1v) is 8.83. The molecule has 29 heavy (non-hydrogen) atoms. The molecule has 0 unspecified atom stereocenters. The average Bonchev–Trinajstić information content (AvgIpc) is 2.67. The highest BCUT2D eigenvalue weighted by Crippen LogP contribution is 2.24. The number of carbonyl (C=O) groups excluding carboxylic acids is 3. The number of non-ortho nitro benzene ring substituents is 1. The Hall–Kier alpha value is -3.75. The molecule has 9 heteroatoms. The first-order chi connectivity index (χ1) is 13.8. The zero-order valence-electron chi connectivity index (χ0n) is 16.0. The number of ether oxygens (including phenoxy) is 2. The Morgan fingerprint density at radius 3 is 2.38 bits per heavy atom. The van der Waals surface area contributed by atoms with Gasteiger partial charge in [0.15, 0.2) is 0 Å². The smallest absolute Gasteiger partial charge is 0.342 e. The predicted octanol–water partition coefficient (Wildman–Crippen LogP) is 3.27. The Morgan fingerprint density at radius 1 is 1.10 bits per heavy atom. The van der Waals surface area contributed by atoms with Gasteiger partial charge in [-0.3, -0.25) is 19.7 Å². The molecule has 0 fully saturated rings. The molecular weight excluding hydrogens is 380 g/mol. The average molecular weight is 400 g/mol. The minimum atomic E-state index is -0.675. The van der Waals surface area contributed by atoms with Crippen molar-refractivity contribution in [1.82, 2.24) is 0 Å². The number of nitro groups is 1. The molecule has 2 aromatic rings. The van der Waals surface area contributed by atoms with Crippen LogP contribution in [0.2, 0.25) is 0 Å². The Bertz CT molecular complexity index is 923. The minimum absolute atomic E-state index is 0.0161. The molecule has 2 rings (SSSR count). The first-order valence-electron chi connectivity index (χ1n) is 8.83. The van der Waals surface area contributed by atoms with E-state index in [2.05, 4.69) is 5.32 Å². The van der Waals surface area contributed by atoms with Crippen LogP contribution < -0.4 is 10.1 Å². The third-order valence-electron chi connectivity index (χ3n) is 3.80. The van der Waals surface area contributed by atoms with Crippen LogP contribution in [0.1, 0.15) is 36.2 Å². The maximum absolute atomic E-state index is 12.2. The van der Waals surface area contributed by atoms with E-state index in [1.54, 1.807) is 19.1 Å². The zero-order chi connectivity index (χ0) is 21.4. The van der Waals surface area contributed by atoms with Crippen molar-refractivity contribution in [3.8, 4) is 5.75 Å². The third-order valence-corrected chi connectivity index (χ3v) is 3.80. The summed E-state index contributed by atoms with van der Waals surface area (Å²) in [5.41, 5.74) is 1.13. The maximum Gasteiger partial charge on any atom is 0.342 e. The number of anilines is 1. The highest BCUT2D eigenvalue weighted by molar-refractivity contribution is 5.97. The van der Waals surface area contributed by atoms with Crippen molar-refractivity contribution >= 4 is 29.2 Å². The number of nitrogens with zero attached hydrogens (tertiary/aromatic N) is 1. The van der Waals surface area contributed by atoms with Crippen LogP contribution in [0, 0.1) is 10.1 Å². The number of nitro benzene ring substituents is 1. The Balaban J connectivity index is 2.05. The summed E-state index contributed by atoms with van der Waals surface area (Å²) < 4.78 is 9.96. The lowest BCUT2D eigenvalue weighted by atomic mass is 10.1. The molecule has 152 valence electrons. The maximum atomic E-state index is 12.2. The summed E-state index contributed by atoms with van der Waals surface area (Å²) in [5.74, 6) is -1.53. The Kier molecular flexibility index (Phi) is 7.41. The summed E-state index contributed by atoms with van der Waals surface area (Å²) in [4.78, 5) is 45.7. The van der Waals surface area contributed by atoms with Gasteiger partial charge in [0.05, 0.1) is 11.5 Å². The largest absolute Gasteiger partial charge is 0.462 e. The number of esters is 2. The zero-order valence-corrected chi connectivity index (χ0v) is 16.0. The Morgan fingerprint density at radius 2 is 1.79 bits per heavy atom. The molecule has 9 nitrogen and oxygen atoms in total. The summed E-state index contributed by atoms with van der Waals surface area (Å²) in [6.07, 6.45) is 0.526. The molecule has 0 aromatic heterocycles. The van der Waals surface area contributed by atoms with E-state index in [0.29, 0.717) is 12.1 Å². The fraction of sp³-hybridized carbons (Fsp3) is 0.250. The molecule has 0 saturated carbocycles. The minimum Gasteiger partial charge on any atom is -0.462 e. The van der Waals surface area contributed by atoms with Crippen molar-refractivity contribution in [1.29, 1.82) is 0 Å². The molecule has 0 saturated heterocycles. The van der Waals surface area contributed by atoms with Crippen LogP contribution in [0.25, 0.3) is 0 Å². The van der Waals surface area contributed by atoms with E-state index < -0.39 is 16.9 Å². The van der Waals surface area contributed by atoms with Crippen LogP contribution in [0.4, 0.5) is 11.4 Å². The highest BCUT2D eigenvalue weighted by Gasteiger charge is 2.17. The van der Waals surface area contributed by atoms with Crippen LogP contribution in [0.15, 0.2) is 42.5 Å². The number of hydrogen-bond acceptors (Lipinski definition) is 7. The van der Waals surface area contributed by atoms with Gasteiger partial charge in [-0.05, 0) is 37.1 Å². The fourth-order valence-corrected chi connectivity index (χ4v) is 2.49. The van der Waals surface area contributed by atoms with Gasteiger partial charge in [0.25, 0.3) is 5.69 Å². The number of rotatable bonds is 8. The van der Waals surface area contributed by atoms with E-state index >= 15 is 0 Å². The third kappa shape index (κ3) is 6.42. The van der Waals surface area contributed by atoms with E-state index in [0.717, 1.165) is 5.56 Å². The number of benzene rings is 2. The van der Waals surface area contributed by atoms with Gasteiger partial charge < -0.3 is 14.8 Å². The molecule has 0 bridgehead atoms. The van der Waals surface area contributed by atoms with Crippen molar-refractivity contribution < 1.29 is 28.8 Å². The van der Waals surface area contributed by atoms with Crippen molar-refractivity contribution in [3.63, 3.8) is 0 Å². The molecule has 0 aliphatic rings. The SMILES string of the molecule is CCOC(=O)c1cc(NC(=O)CCc2ccc([N+](=O)[O-])cc2)ccc1OC(C)=O. The highest BCUT2D eigenvalue weighted by atomic mass is 16.6. The number of nitrogens with one attached hydrogen (secondary N) is 1. The van der Waals surface area contributed by atoms with Gasteiger partial charge in [-0.1, -0.05) is 12.1 Å². The second-order valence-electron chi connectivity index (χ2n) is 6.00. The molecule has 0 aliphatic heterocycles. The molecule has 0 heterocycles. The summed E-state index contributed by atoms with van der Waals surface area (Å²) in [6.45, 7) is 3.00. The standard InChI is InChI=1S/C20H20N2O7/c1-3-28-20(25)17-12-15(7-10-18(17)29-13(2)23)21-19(24)11-6-14-4-8-16(9-5-14)22(26)27/h4-5,7-10,12H,3,6,11H2,1-2H3,(H,21,24). The van der Waals surface area contributed by atoms with E-state index in [1.807, 2.05) is 0 Å². The number of aryl methyl sites for hydroxylation is 1. The van der Waals surface area contributed by atoms with Crippen LogP contribution >= 0.6 is 0 Å². The molecule has 0 spiro atoms. The van der Waals surface area contributed by atoms with Gasteiger partial charge in [0.1, 0.15) is 11.3 Å². The number of hydrogen-bond donors (Lipinski definition) is 1. The lowest BCUT2D eigenvalue weighted by Crippen LogP contribution is -2.14. The normalized spacial score (nSPS) is 10.1. The van der Waals surface area contributed by atoms with Crippen molar-refractivity contribution in [3.05, 3.63) is 63.7 Å². The van der Waals surface area contributed by atoms with Gasteiger partial charge in [-0.2, -0.15) is 0 Å². The van der Waals surface area contributed by atoms with Crippen LogP contribution in [0.5, 0.6) is 5.75 Å². The van der Waals surface area contributed by atoms with E-state index in [9.17, 15) is 24.5 Å². The lowest BCUT2D eigenvalue weighted by molar-refractivity contribution is -0.384. The second-order valence-corrected chi connectivity index (χ2v) is 6.00. The molecule has 2 aromatic carbocycles. The van der Waals surface area contributed by atoms with Crippen molar-refractivity contribution in [2.75, 3.05) is 11.9 Å². The van der Waals surface area contributed by atoms with E-state index in [4.69, 9.17) is 9.47 Å². The molecule has 0 radical (unpaired) electrons. The topological polar surface area (TPSA) is 125 Å². The van der Waals surface area contributed by atoms with E-state index in [1.165, 1.54) is 37.3 Å². The van der Waals surface area contributed by atoms with Crippen molar-refractivity contribution in [2.24, 2.45) is 0 Å². The second kappa shape index (κ2) is 9.98. The molecule has 0 atom stereocenters. The molecule has 0 aliphatic carbocycles. The monoisotopic (exact) mass is 400 g/mol. The summed E-state index contributed by atoms with van der Waals surface area (Å²) >= 11 is 0. The van der Waals surface area contributed by atoms with E-state index in [-0.39, 0.29) is 35.9 Å². The number of amides is 1. The molecule has 1 N–H and O–H groups in total. The van der Waals surface area contributed by atoms with Crippen LogP contribution in [-0.4, -0.2) is 29.4 Å². The van der Waals surface area contributed by atoms with Crippen molar-refractivity contribution in [2.45, 2.75) is 26.7 Å². The van der Waals surface area contributed by atoms with Gasteiger partial charge in [0, 0.05) is 31.2 Å². The number of carbonyl (C=O) groups is 3. The molecular formula is C20H20N2O7. The fourth-order valence-electron chi connectivity index (χ4n) is 2.49. The van der Waals surface area contributed by atoms with Gasteiger partial charge in [0.2, 0.25) is 5.91 Å². The van der Waals surface area contributed by atoms with Gasteiger partial charge in [-0.25, -0.2) is 4.79 Å². The van der Waals surface area contributed by atoms with Crippen LogP contribution in [0.3, 0.4) is 0 Å². The van der Waals surface area contributed by atoms with Crippen LogP contribution in [-0.2, 0) is 20.7 Å². The lowest BCUT2D eigenvalue weighted by Gasteiger charge is -2.11. The predicted molar refractivity (Wildman–Crippen MR) is 104 cm³/mol. The van der Waals surface area contributed by atoms with Gasteiger partial charge >= 0.3 is 11.9 Å².